The van der Waals surface area contributed by atoms with Crippen LogP contribution in [0, 0.1) is 6.92 Å². The van der Waals surface area contributed by atoms with Gasteiger partial charge in [0.15, 0.2) is 0 Å². The minimum absolute atomic E-state index is 0.217. The van der Waals surface area contributed by atoms with E-state index in [1.807, 2.05) is 19.9 Å². The maximum atomic E-state index is 6.19. The van der Waals surface area contributed by atoms with E-state index in [1.165, 1.54) is 0 Å². The number of anilines is 1. The molecule has 5 heteroatoms. The zero-order chi connectivity index (χ0) is 12.3. The molecule has 0 aromatic carbocycles. The van der Waals surface area contributed by atoms with Crippen LogP contribution >= 0.6 is 11.6 Å². The Morgan fingerprint density at radius 2 is 2.35 bits per heavy atom. The molecule has 0 N–H and O–H groups in total. The number of halogens is 1. The Morgan fingerprint density at radius 3 is 3.06 bits per heavy atom. The van der Waals surface area contributed by atoms with Gasteiger partial charge in [-0.15, -0.1) is 11.6 Å². The van der Waals surface area contributed by atoms with Crippen molar-refractivity contribution >= 4 is 17.4 Å². The van der Waals surface area contributed by atoms with Gasteiger partial charge in [0.05, 0.1) is 12.0 Å². The molecule has 1 unspecified atom stereocenters. The molecule has 1 aliphatic rings. The van der Waals surface area contributed by atoms with Crippen molar-refractivity contribution in [3.8, 4) is 5.88 Å². The van der Waals surface area contributed by atoms with Crippen LogP contribution < -0.4 is 9.64 Å². The smallest absolute Gasteiger partial charge is 0.218 e. The summed E-state index contributed by atoms with van der Waals surface area (Å²) in [5.41, 5.74) is 0. The molecule has 0 saturated carbocycles. The molecule has 1 aromatic rings. The predicted octanol–water partition coefficient (Wildman–Crippen LogP) is 2.39. The summed E-state index contributed by atoms with van der Waals surface area (Å²) in [6, 6.07) is 1.89. The topological polar surface area (TPSA) is 38.2 Å². The fraction of sp³-hybridized carbons (Fsp3) is 0.667. The molecule has 17 heavy (non-hydrogen) atoms. The molecule has 1 fully saturated rings. The average Bonchev–Trinajstić information content (AvgIpc) is 2.28. The Kier molecular flexibility index (Phi) is 4.05. The van der Waals surface area contributed by atoms with E-state index in [2.05, 4.69) is 14.9 Å². The first-order chi connectivity index (χ1) is 8.19. The third-order valence-electron chi connectivity index (χ3n) is 2.78. The minimum Gasteiger partial charge on any atom is -0.478 e. The van der Waals surface area contributed by atoms with Crippen LogP contribution in [0.2, 0.25) is 0 Å². The van der Waals surface area contributed by atoms with Gasteiger partial charge in [0, 0.05) is 19.2 Å². The molecule has 0 bridgehead atoms. The lowest BCUT2D eigenvalue weighted by Crippen LogP contribution is -2.36. The molecular weight excluding hydrogens is 238 g/mol. The second-order valence-corrected chi connectivity index (χ2v) is 4.85. The van der Waals surface area contributed by atoms with Crippen LogP contribution in [0.1, 0.15) is 25.6 Å². The Bertz CT molecular complexity index is 386. The first-order valence-electron chi connectivity index (χ1n) is 6.06. The molecule has 1 saturated heterocycles. The van der Waals surface area contributed by atoms with Crippen molar-refractivity contribution in [3.63, 3.8) is 0 Å². The molecule has 0 spiro atoms. The SMILES string of the molecule is CCOc1cc(N2CCCC(Cl)C2)nc(C)n1. The molecule has 1 atom stereocenters. The zero-order valence-corrected chi connectivity index (χ0v) is 11.1. The first-order valence-corrected chi connectivity index (χ1v) is 6.50. The Hall–Kier alpha value is -1.03. The van der Waals surface area contributed by atoms with E-state index in [0.717, 1.165) is 37.6 Å². The highest BCUT2D eigenvalue weighted by Crippen LogP contribution is 2.23. The number of hydrogen-bond donors (Lipinski definition) is 0. The van der Waals surface area contributed by atoms with E-state index >= 15 is 0 Å². The molecule has 0 amide bonds. The molecule has 2 rings (SSSR count). The fourth-order valence-corrected chi connectivity index (χ4v) is 2.36. The van der Waals surface area contributed by atoms with Gasteiger partial charge in [-0.2, -0.15) is 4.98 Å². The summed E-state index contributed by atoms with van der Waals surface area (Å²) in [4.78, 5) is 10.9. The van der Waals surface area contributed by atoms with Gasteiger partial charge in [-0.3, -0.25) is 0 Å². The third kappa shape index (κ3) is 3.22. The van der Waals surface area contributed by atoms with E-state index in [4.69, 9.17) is 16.3 Å². The molecule has 1 aromatic heterocycles. The largest absolute Gasteiger partial charge is 0.478 e. The lowest BCUT2D eigenvalue weighted by atomic mass is 10.1. The highest BCUT2D eigenvalue weighted by Gasteiger charge is 2.19. The van der Waals surface area contributed by atoms with Gasteiger partial charge in [-0.25, -0.2) is 4.98 Å². The van der Waals surface area contributed by atoms with Crippen LogP contribution in [-0.4, -0.2) is 35.0 Å². The number of piperidine rings is 1. The summed E-state index contributed by atoms with van der Waals surface area (Å²) < 4.78 is 5.43. The van der Waals surface area contributed by atoms with Crippen LogP contribution in [0.4, 0.5) is 5.82 Å². The van der Waals surface area contributed by atoms with Crippen molar-refractivity contribution < 1.29 is 4.74 Å². The molecular formula is C12H18ClN3O. The maximum absolute atomic E-state index is 6.19. The summed E-state index contributed by atoms with van der Waals surface area (Å²) in [7, 11) is 0. The number of ether oxygens (including phenoxy) is 1. The Labute approximate surface area is 107 Å². The van der Waals surface area contributed by atoms with Crippen molar-refractivity contribution in [1.29, 1.82) is 0 Å². The molecule has 1 aliphatic heterocycles. The molecule has 94 valence electrons. The first kappa shape index (κ1) is 12.4. The van der Waals surface area contributed by atoms with Crippen LogP contribution in [0.15, 0.2) is 6.07 Å². The molecule has 0 radical (unpaired) electrons. The molecule has 0 aliphatic carbocycles. The Morgan fingerprint density at radius 1 is 1.53 bits per heavy atom. The van der Waals surface area contributed by atoms with Crippen LogP contribution in [0.5, 0.6) is 5.88 Å². The van der Waals surface area contributed by atoms with Crippen molar-refractivity contribution in [3.05, 3.63) is 11.9 Å². The van der Waals surface area contributed by atoms with E-state index in [0.29, 0.717) is 12.5 Å². The Balaban J connectivity index is 2.18. The number of aromatic nitrogens is 2. The van der Waals surface area contributed by atoms with E-state index in [-0.39, 0.29) is 5.38 Å². The van der Waals surface area contributed by atoms with Crippen molar-refractivity contribution in [2.45, 2.75) is 32.1 Å². The lowest BCUT2D eigenvalue weighted by molar-refractivity contribution is 0.325. The quantitative estimate of drug-likeness (QED) is 0.778. The van der Waals surface area contributed by atoms with Crippen molar-refractivity contribution in [2.75, 3.05) is 24.6 Å². The highest BCUT2D eigenvalue weighted by atomic mass is 35.5. The second kappa shape index (κ2) is 5.54. The van der Waals surface area contributed by atoms with Gasteiger partial charge in [-0.05, 0) is 26.7 Å². The van der Waals surface area contributed by atoms with Gasteiger partial charge >= 0.3 is 0 Å². The summed E-state index contributed by atoms with van der Waals surface area (Å²) in [5.74, 6) is 2.31. The monoisotopic (exact) mass is 255 g/mol. The summed E-state index contributed by atoms with van der Waals surface area (Å²) in [5, 5.41) is 0.217. The van der Waals surface area contributed by atoms with E-state index in [9.17, 15) is 0 Å². The lowest BCUT2D eigenvalue weighted by Gasteiger charge is -2.30. The van der Waals surface area contributed by atoms with Crippen molar-refractivity contribution in [2.24, 2.45) is 0 Å². The normalized spacial score (nSPS) is 20.4. The minimum atomic E-state index is 0.217. The number of hydrogen-bond acceptors (Lipinski definition) is 4. The van der Waals surface area contributed by atoms with Gasteiger partial charge in [0.25, 0.3) is 0 Å². The van der Waals surface area contributed by atoms with Gasteiger partial charge in [-0.1, -0.05) is 0 Å². The van der Waals surface area contributed by atoms with Crippen LogP contribution in [-0.2, 0) is 0 Å². The fourth-order valence-electron chi connectivity index (χ4n) is 2.04. The van der Waals surface area contributed by atoms with Gasteiger partial charge < -0.3 is 9.64 Å². The van der Waals surface area contributed by atoms with E-state index in [1.54, 1.807) is 0 Å². The number of rotatable bonds is 3. The number of aryl methyl sites for hydroxylation is 1. The standard InChI is InChI=1S/C12H18ClN3O/c1-3-17-12-7-11(14-9(2)15-12)16-6-4-5-10(13)8-16/h7,10H,3-6,8H2,1-2H3. The second-order valence-electron chi connectivity index (χ2n) is 4.23. The van der Waals surface area contributed by atoms with Gasteiger partial charge in [0.1, 0.15) is 11.6 Å². The van der Waals surface area contributed by atoms with Crippen LogP contribution in [0.3, 0.4) is 0 Å². The highest BCUT2D eigenvalue weighted by molar-refractivity contribution is 6.21. The maximum Gasteiger partial charge on any atom is 0.218 e. The van der Waals surface area contributed by atoms with Crippen molar-refractivity contribution in [1.82, 2.24) is 9.97 Å². The number of alkyl halides is 1. The summed E-state index contributed by atoms with van der Waals surface area (Å²) >= 11 is 6.19. The number of nitrogens with zero attached hydrogens (tertiary/aromatic N) is 3. The summed E-state index contributed by atoms with van der Waals surface area (Å²) in [6.45, 7) is 6.31. The third-order valence-corrected chi connectivity index (χ3v) is 3.14. The predicted molar refractivity (Wildman–Crippen MR) is 69.0 cm³/mol. The van der Waals surface area contributed by atoms with E-state index < -0.39 is 0 Å². The zero-order valence-electron chi connectivity index (χ0n) is 10.3. The molecule has 2 heterocycles. The van der Waals surface area contributed by atoms with Gasteiger partial charge in [0.2, 0.25) is 5.88 Å². The van der Waals surface area contributed by atoms with Crippen LogP contribution in [0.25, 0.3) is 0 Å². The average molecular weight is 256 g/mol. The summed E-state index contributed by atoms with van der Waals surface area (Å²) in [6.07, 6.45) is 2.20. The molecule has 4 nitrogen and oxygen atoms in total.